The maximum atomic E-state index is 12.7. The maximum absolute atomic E-state index is 12.7. The van der Waals surface area contributed by atoms with E-state index in [1.165, 1.54) is 0 Å². The van der Waals surface area contributed by atoms with Crippen LogP contribution in [0.4, 0.5) is 11.6 Å². The smallest absolute Gasteiger partial charge is 0.254 e. The summed E-state index contributed by atoms with van der Waals surface area (Å²) >= 11 is 6.03. The topological polar surface area (TPSA) is 55.8 Å². The number of aromatic nitrogens is 2. The Morgan fingerprint density at radius 3 is 2.07 bits per heavy atom. The molecule has 3 heterocycles. The molecule has 8 heteroatoms. The van der Waals surface area contributed by atoms with E-state index in [4.69, 9.17) is 11.6 Å². The van der Waals surface area contributed by atoms with Crippen LogP contribution in [0.1, 0.15) is 16.2 Å². The average Bonchev–Trinajstić information content (AvgIpc) is 2.73. The molecule has 0 saturated carbocycles. The molecule has 1 aromatic carbocycles. The molecule has 154 valence electrons. The van der Waals surface area contributed by atoms with Crippen LogP contribution in [0.25, 0.3) is 0 Å². The summed E-state index contributed by atoms with van der Waals surface area (Å²) in [6, 6.07) is 9.23. The summed E-state index contributed by atoms with van der Waals surface area (Å²) in [6.07, 6.45) is 0. The predicted molar refractivity (Wildman–Crippen MR) is 116 cm³/mol. The van der Waals surface area contributed by atoms with E-state index in [1.807, 2.05) is 24.0 Å². The highest BCUT2D eigenvalue weighted by Gasteiger charge is 2.24. The van der Waals surface area contributed by atoms with Gasteiger partial charge in [-0.1, -0.05) is 17.7 Å². The first-order valence-corrected chi connectivity index (χ1v) is 10.5. The highest BCUT2D eigenvalue weighted by atomic mass is 35.5. The Bertz CT molecular complexity index is 875. The number of amides is 1. The summed E-state index contributed by atoms with van der Waals surface area (Å²) in [6.45, 7) is 8.84. The normalized spacial score (nSPS) is 18.2. The van der Waals surface area contributed by atoms with Crippen molar-refractivity contribution in [2.24, 2.45) is 0 Å². The molecule has 2 aliphatic rings. The molecular weight excluding hydrogens is 388 g/mol. The molecule has 0 bridgehead atoms. The van der Waals surface area contributed by atoms with Crippen LogP contribution in [0.3, 0.4) is 0 Å². The van der Waals surface area contributed by atoms with Crippen molar-refractivity contribution in [1.29, 1.82) is 0 Å². The highest BCUT2D eigenvalue weighted by molar-refractivity contribution is 6.30. The van der Waals surface area contributed by atoms with Crippen LogP contribution in [0.2, 0.25) is 5.02 Å². The second-order valence-corrected chi connectivity index (χ2v) is 8.15. The summed E-state index contributed by atoms with van der Waals surface area (Å²) in [4.78, 5) is 30.9. The van der Waals surface area contributed by atoms with Crippen LogP contribution in [-0.2, 0) is 0 Å². The van der Waals surface area contributed by atoms with Crippen molar-refractivity contribution in [3.05, 3.63) is 46.7 Å². The number of carbonyl (C=O) groups is 1. The number of aryl methyl sites for hydroxylation is 1. The fourth-order valence-corrected chi connectivity index (χ4v) is 4.03. The molecule has 0 radical (unpaired) electrons. The van der Waals surface area contributed by atoms with Gasteiger partial charge in [0, 0.05) is 69.0 Å². The lowest BCUT2D eigenvalue weighted by molar-refractivity contribution is 0.0746. The van der Waals surface area contributed by atoms with Gasteiger partial charge < -0.3 is 19.6 Å². The lowest BCUT2D eigenvalue weighted by atomic mass is 10.2. The SMILES string of the molecule is Cc1nc(N2CCN(C)CC2)cc(N2CCN(C(=O)c3cccc(Cl)c3)CC2)n1. The van der Waals surface area contributed by atoms with Gasteiger partial charge in [-0.25, -0.2) is 9.97 Å². The first kappa shape index (κ1) is 19.9. The van der Waals surface area contributed by atoms with E-state index in [2.05, 4.69) is 37.8 Å². The van der Waals surface area contributed by atoms with E-state index in [9.17, 15) is 4.79 Å². The number of nitrogens with zero attached hydrogens (tertiary/aromatic N) is 6. The van der Waals surface area contributed by atoms with Crippen molar-refractivity contribution in [3.63, 3.8) is 0 Å². The zero-order chi connectivity index (χ0) is 20.4. The van der Waals surface area contributed by atoms with Crippen molar-refractivity contribution in [3.8, 4) is 0 Å². The number of benzene rings is 1. The quantitative estimate of drug-likeness (QED) is 0.767. The minimum Gasteiger partial charge on any atom is -0.354 e. The van der Waals surface area contributed by atoms with Gasteiger partial charge in [-0.15, -0.1) is 0 Å². The zero-order valence-corrected chi connectivity index (χ0v) is 17.8. The van der Waals surface area contributed by atoms with E-state index in [1.54, 1.807) is 12.1 Å². The minimum absolute atomic E-state index is 0.0316. The van der Waals surface area contributed by atoms with Gasteiger partial charge in [0.15, 0.2) is 0 Å². The second-order valence-electron chi connectivity index (χ2n) is 7.71. The molecule has 2 saturated heterocycles. The van der Waals surface area contributed by atoms with Crippen molar-refractivity contribution >= 4 is 29.1 Å². The number of hydrogen-bond acceptors (Lipinski definition) is 6. The van der Waals surface area contributed by atoms with Crippen molar-refractivity contribution in [2.45, 2.75) is 6.92 Å². The van der Waals surface area contributed by atoms with Gasteiger partial charge in [0.25, 0.3) is 5.91 Å². The second kappa shape index (κ2) is 8.55. The van der Waals surface area contributed by atoms with Crippen molar-refractivity contribution in [1.82, 2.24) is 19.8 Å². The van der Waals surface area contributed by atoms with Gasteiger partial charge in [-0.3, -0.25) is 4.79 Å². The molecule has 1 amide bonds. The highest BCUT2D eigenvalue weighted by Crippen LogP contribution is 2.22. The van der Waals surface area contributed by atoms with E-state index < -0.39 is 0 Å². The minimum atomic E-state index is 0.0316. The number of hydrogen-bond donors (Lipinski definition) is 0. The summed E-state index contributed by atoms with van der Waals surface area (Å²) in [5, 5.41) is 0.586. The third-order valence-corrected chi connectivity index (χ3v) is 5.84. The van der Waals surface area contributed by atoms with E-state index in [0.29, 0.717) is 23.7 Å². The lowest BCUT2D eigenvalue weighted by Gasteiger charge is -2.37. The average molecular weight is 415 g/mol. The van der Waals surface area contributed by atoms with Gasteiger partial charge in [-0.2, -0.15) is 0 Å². The summed E-state index contributed by atoms with van der Waals surface area (Å²) in [5.41, 5.74) is 0.640. The Balaban J connectivity index is 1.42. The predicted octanol–water partition coefficient (Wildman–Crippen LogP) is 2.15. The van der Waals surface area contributed by atoms with Crippen LogP contribution in [0.15, 0.2) is 30.3 Å². The number of piperazine rings is 2. The molecule has 1 aromatic heterocycles. The zero-order valence-electron chi connectivity index (χ0n) is 17.0. The monoisotopic (exact) mass is 414 g/mol. The van der Waals surface area contributed by atoms with Crippen molar-refractivity contribution < 1.29 is 4.79 Å². The van der Waals surface area contributed by atoms with E-state index in [-0.39, 0.29) is 5.91 Å². The van der Waals surface area contributed by atoms with Crippen LogP contribution in [-0.4, -0.2) is 85.1 Å². The molecule has 2 fully saturated rings. The Morgan fingerprint density at radius 1 is 0.897 bits per heavy atom. The Hall–Kier alpha value is -2.38. The van der Waals surface area contributed by atoms with Gasteiger partial charge in [0.05, 0.1) is 0 Å². The number of carbonyl (C=O) groups excluding carboxylic acids is 1. The fourth-order valence-electron chi connectivity index (χ4n) is 3.84. The number of halogens is 1. The van der Waals surface area contributed by atoms with Crippen molar-refractivity contribution in [2.75, 3.05) is 69.2 Å². The molecule has 4 rings (SSSR count). The molecule has 29 heavy (non-hydrogen) atoms. The van der Waals surface area contributed by atoms with E-state index >= 15 is 0 Å². The Morgan fingerprint density at radius 2 is 1.48 bits per heavy atom. The summed E-state index contributed by atoms with van der Waals surface area (Å²) in [7, 11) is 2.15. The Kier molecular flexibility index (Phi) is 5.87. The molecule has 2 aliphatic heterocycles. The van der Waals surface area contributed by atoms with Crippen LogP contribution >= 0.6 is 11.6 Å². The van der Waals surface area contributed by atoms with Gasteiger partial charge in [0.1, 0.15) is 17.5 Å². The molecular formula is C21H27ClN6O. The Labute approximate surface area is 176 Å². The fraction of sp³-hybridized carbons (Fsp3) is 0.476. The maximum Gasteiger partial charge on any atom is 0.254 e. The molecule has 0 aliphatic carbocycles. The third-order valence-electron chi connectivity index (χ3n) is 5.60. The van der Waals surface area contributed by atoms with Gasteiger partial charge >= 0.3 is 0 Å². The standard InChI is InChI=1S/C21H27ClN6O/c1-16-23-19(26-8-6-25(2)7-9-26)15-20(24-16)27-10-12-28(13-11-27)21(29)17-4-3-5-18(22)14-17/h3-5,14-15H,6-13H2,1-2H3. The van der Waals surface area contributed by atoms with Gasteiger partial charge in [-0.05, 0) is 32.2 Å². The molecule has 2 aromatic rings. The number of likely N-dealkylation sites (N-methyl/N-ethyl adjacent to an activating group) is 1. The lowest BCUT2D eigenvalue weighted by Crippen LogP contribution is -2.49. The van der Waals surface area contributed by atoms with Crippen LogP contribution in [0.5, 0.6) is 0 Å². The largest absolute Gasteiger partial charge is 0.354 e. The molecule has 0 atom stereocenters. The summed E-state index contributed by atoms with van der Waals surface area (Å²) < 4.78 is 0. The molecule has 7 nitrogen and oxygen atoms in total. The third kappa shape index (κ3) is 4.62. The molecule has 0 N–H and O–H groups in total. The molecule has 0 unspecified atom stereocenters. The number of anilines is 2. The first-order chi connectivity index (χ1) is 14.0. The number of rotatable bonds is 3. The first-order valence-electron chi connectivity index (χ1n) is 10.1. The van der Waals surface area contributed by atoms with Crippen LogP contribution < -0.4 is 9.80 Å². The molecule has 0 spiro atoms. The summed E-state index contributed by atoms with van der Waals surface area (Å²) in [5.74, 6) is 2.76. The van der Waals surface area contributed by atoms with Gasteiger partial charge in [0.2, 0.25) is 0 Å². The van der Waals surface area contributed by atoms with E-state index in [0.717, 1.165) is 56.7 Å². The van der Waals surface area contributed by atoms with Crippen LogP contribution in [0, 0.1) is 6.92 Å².